The highest BCUT2D eigenvalue weighted by atomic mass is 16.5. The summed E-state index contributed by atoms with van der Waals surface area (Å²) >= 11 is 0. The summed E-state index contributed by atoms with van der Waals surface area (Å²) in [5, 5.41) is 2.78. The Bertz CT molecular complexity index is 726. The van der Waals surface area contributed by atoms with Gasteiger partial charge in [0.15, 0.2) is 0 Å². The van der Waals surface area contributed by atoms with Crippen LogP contribution in [0.4, 0.5) is 5.69 Å². The summed E-state index contributed by atoms with van der Waals surface area (Å²) < 4.78 is 5.10. The molecule has 1 N–H and O–H groups in total. The zero-order chi connectivity index (χ0) is 18.2. The van der Waals surface area contributed by atoms with Gasteiger partial charge in [-0.1, -0.05) is 24.3 Å². The molecule has 2 aromatic rings. The van der Waals surface area contributed by atoms with Crippen LogP contribution >= 0.6 is 0 Å². The van der Waals surface area contributed by atoms with E-state index in [9.17, 15) is 9.59 Å². The van der Waals surface area contributed by atoms with Crippen LogP contribution in [0.1, 0.15) is 24.5 Å². The highest BCUT2D eigenvalue weighted by Gasteiger charge is 2.17. The van der Waals surface area contributed by atoms with Gasteiger partial charge in [-0.05, 0) is 49.2 Å². The quantitative estimate of drug-likeness (QED) is 0.788. The molecule has 0 heterocycles. The van der Waals surface area contributed by atoms with Crippen molar-refractivity contribution in [1.29, 1.82) is 0 Å². The molecule has 0 fully saturated rings. The van der Waals surface area contributed by atoms with E-state index in [-0.39, 0.29) is 18.2 Å². The molecule has 0 saturated heterocycles. The van der Waals surface area contributed by atoms with Gasteiger partial charge in [0.05, 0.1) is 7.11 Å². The second-order valence-electron chi connectivity index (χ2n) is 5.78. The fourth-order valence-electron chi connectivity index (χ4n) is 2.54. The van der Waals surface area contributed by atoms with Crippen LogP contribution in [0.25, 0.3) is 0 Å². The second kappa shape index (κ2) is 8.87. The number of carbonyl (C=O) groups excluding carboxylic acids is 2. The summed E-state index contributed by atoms with van der Waals surface area (Å²) in [6, 6.07) is 15.1. The first-order chi connectivity index (χ1) is 12.0. The Balaban J connectivity index is 1.90. The van der Waals surface area contributed by atoms with Crippen molar-refractivity contribution >= 4 is 17.5 Å². The summed E-state index contributed by atoms with van der Waals surface area (Å²) in [6.07, 6.45) is -0.169. The number of ether oxygens (including phenoxy) is 1. The maximum atomic E-state index is 12.4. The van der Waals surface area contributed by atoms with Gasteiger partial charge in [-0.3, -0.25) is 9.59 Å². The van der Waals surface area contributed by atoms with Crippen LogP contribution in [0.3, 0.4) is 0 Å². The predicted molar refractivity (Wildman–Crippen MR) is 98.7 cm³/mol. The van der Waals surface area contributed by atoms with Crippen molar-refractivity contribution in [3.05, 3.63) is 59.7 Å². The number of carbonyl (C=O) groups is 2. The van der Waals surface area contributed by atoms with E-state index in [1.807, 2.05) is 62.4 Å². The molecule has 0 saturated carbocycles. The van der Waals surface area contributed by atoms with Crippen LogP contribution in [-0.4, -0.2) is 25.5 Å². The molecule has 0 bridgehead atoms. The smallest absolute Gasteiger partial charge is 0.236 e. The highest BCUT2D eigenvalue weighted by Crippen LogP contribution is 2.17. The van der Waals surface area contributed by atoms with Crippen LogP contribution in [-0.2, 0) is 16.1 Å². The van der Waals surface area contributed by atoms with E-state index in [4.69, 9.17) is 4.74 Å². The summed E-state index contributed by atoms with van der Waals surface area (Å²) in [5.41, 5.74) is 2.84. The molecule has 2 aromatic carbocycles. The normalized spacial score (nSPS) is 10.2. The molecule has 0 aliphatic heterocycles. The number of methoxy groups -OCH3 is 1. The molecule has 5 heteroatoms. The lowest BCUT2D eigenvalue weighted by atomic mass is 10.2. The fraction of sp³-hybridized carbons (Fsp3) is 0.300. The van der Waals surface area contributed by atoms with Gasteiger partial charge >= 0.3 is 0 Å². The molecule has 0 aliphatic rings. The first kappa shape index (κ1) is 18.5. The number of aryl methyl sites for hydroxylation is 1. The van der Waals surface area contributed by atoms with E-state index in [1.54, 1.807) is 12.0 Å². The lowest BCUT2D eigenvalue weighted by Gasteiger charge is -2.21. The molecular formula is C20H24N2O3. The Morgan fingerprint density at radius 3 is 2.44 bits per heavy atom. The molecular weight excluding hydrogens is 316 g/mol. The van der Waals surface area contributed by atoms with Gasteiger partial charge in [0, 0.05) is 18.8 Å². The van der Waals surface area contributed by atoms with E-state index in [0.717, 1.165) is 22.6 Å². The van der Waals surface area contributed by atoms with Crippen molar-refractivity contribution in [2.24, 2.45) is 0 Å². The topological polar surface area (TPSA) is 58.6 Å². The second-order valence-corrected chi connectivity index (χ2v) is 5.78. The minimum atomic E-state index is -0.285. The molecule has 0 spiro atoms. The van der Waals surface area contributed by atoms with E-state index >= 15 is 0 Å². The monoisotopic (exact) mass is 340 g/mol. The lowest BCUT2D eigenvalue weighted by molar-refractivity contribution is -0.128. The standard InChI is InChI=1S/C20H24N2O3/c1-4-22(17-7-5-6-15(2)12-17)20(24)13-19(23)21-14-16-8-10-18(25-3)11-9-16/h5-12H,4,13-14H2,1-3H3,(H,21,23). The van der Waals surface area contributed by atoms with Crippen LogP contribution < -0.4 is 15.0 Å². The number of hydrogen-bond acceptors (Lipinski definition) is 3. The van der Waals surface area contributed by atoms with E-state index in [0.29, 0.717) is 13.1 Å². The van der Waals surface area contributed by atoms with Crippen molar-refractivity contribution in [2.75, 3.05) is 18.6 Å². The van der Waals surface area contributed by atoms with E-state index in [1.165, 1.54) is 0 Å². The number of anilines is 1. The van der Waals surface area contributed by atoms with Crippen molar-refractivity contribution in [1.82, 2.24) is 5.32 Å². The maximum absolute atomic E-state index is 12.4. The van der Waals surface area contributed by atoms with Gasteiger partial charge < -0.3 is 15.0 Å². The maximum Gasteiger partial charge on any atom is 0.236 e. The number of hydrogen-bond donors (Lipinski definition) is 1. The highest BCUT2D eigenvalue weighted by molar-refractivity contribution is 6.04. The number of amides is 2. The van der Waals surface area contributed by atoms with Gasteiger partial charge in [0.1, 0.15) is 12.2 Å². The first-order valence-electron chi connectivity index (χ1n) is 8.30. The molecule has 2 rings (SSSR count). The summed E-state index contributed by atoms with van der Waals surface area (Å²) in [6.45, 7) is 4.78. The molecule has 0 atom stereocenters. The van der Waals surface area contributed by atoms with Gasteiger partial charge in [0.2, 0.25) is 11.8 Å². The minimum absolute atomic E-state index is 0.169. The zero-order valence-electron chi connectivity index (χ0n) is 14.9. The lowest BCUT2D eigenvalue weighted by Crippen LogP contribution is -2.35. The molecule has 0 aromatic heterocycles. The van der Waals surface area contributed by atoms with Crippen molar-refractivity contribution in [3.8, 4) is 5.75 Å². The number of nitrogens with one attached hydrogen (secondary N) is 1. The van der Waals surface area contributed by atoms with Crippen LogP contribution in [0.2, 0.25) is 0 Å². The van der Waals surface area contributed by atoms with Crippen LogP contribution in [0.15, 0.2) is 48.5 Å². The molecule has 0 unspecified atom stereocenters. The SMILES string of the molecule is CCN(C(=O)CC(=O)NCc1ccc(OC)cc1)c1cccc(C)c1. The van der Waals surface area contributed by atoms with E-state index in [2.05, 4.69) is 5.32 Å². The number of benzene rings is 2. The Labute approximate surface area is 148 Å². The summed E-state index contributed by atoms with van der Waals surface area (Å²) in [7, 11) is 1.61. The third-order valence-electron chi connectivity index (χ3n) is 3.89. The Morgan fingerprint density at radius 2 is 1.84 bits per heavy atom. The molecule has 0 radical (unpaired) electrons. The van der Waals surface area contributed by atoms with Gasteiger partial charge in [-0.2, -0.15) is 0 Å². The van der Waals surface area contributed by atoms with E-state index < -0.39 is 0 Å². The van der Waals surface area contributed by atoms with Crippen molar-refractivity contribution in [2.45, 2.75) is 26.8 Å². The fourth-order valence-corrected chi connectivity index (χ4v) is 2.54. The van der Waals surface area contributed by atoms with Crippen molar-refractivity contribution < 1.29 is 14.3 Å². The Morgan fingerprint density at radius 1 is 1.12 bits per heavy atom. The third-order valence-corrected chi connectivity index (χ3v) is 3.89. The average Bonchev–Trinajstić information content (AvgIpc) is 2.61. The largest absolute Gasteiger partial charge is 0.497 e. The third kappa shape index (κ3) is 5.35. The Kier molecular flexibility index (Phi) is 6.57. The molecule has 132 valence electrons. The van der Waals surface area contributed by atoms with Gasteiger partial charge in [-0.25, -0.2) is 0 Å². The van der Waals surface area contributed by atoms with Gasteiger partial charge in [-0.15, -0.1) is 0 Å². The zero-order valence-corrected chi connectivity index (χ0v) is 14.9. The number of nitrogens with zero attached hydrogens (tertiary/aromatic N) is 1. The van der Waals surface area contributed by atoms with Crippen molar-refractivity contribution in [3.63, 3.8) is 0 Å². The minimum Gasteiger partial charge on any atom is -0.497 e. The molecule has 2 amide bonds. The molecule has 0 aliphatic carbocycles. The molecule has 5 nitrogen and oxygen atoms in total. The summed E-state index contributed by atoms with van der Waals surface area (Å²) in [4.78, 5) is 26.2. The number of rotatable bonds is 7. The van der Waals surface area contributed by atoms with Crippen LogP contribution in [0.5, 0.6) is 5.75 Å². The van der Waals surface area contributed by atoms with Gasteiger partial charge in [0.25, 0.3) is 0 Å². The average molecular weight is 340 g/mol. The predicted octanol–water partition coefficient (Wildman–Crippen LogP) is 3.06. The van der Waals surface area contributed by atoms with Crippen LogP contribution in [0, 0.1) is 6.92 Å². The first-order valence-corrected chi connectivity index (χ1v) is 8.30. The summed E-state index contributed by atoms with van der Waals surface area (Å²) in [5.74, 6) is 0.272. The molecule has 25 heavy (non-hydrogen) atoms. The Hall–Kier alpha value is -2.82.